The number of hydrogen-bond acceptors (Lipinski definition) is 5. The van der Waals surface area contributed by atoms with Gasteiger partial charge in [-0.05, 0) is 35.2 Å². The van der Waals surface area contributed by atoms with Crippen LogP contribution in [0.15, 0.2) is 79.1 Å². The zero-order valence-electron chi connectivity index (χ0n) is 18.8. The van der Waals surface area contributed by atoms with Gasteiger partial charge in [0.1, 0.15) is 0 Å². The molecule has 1 aliphatic heterocycles. The van der Waals surface area contributed by atoms with Crippen molar-refractivity contribution in [3.63, 3.8) is 0 Å². The predicted octanol–water partition coefficient (Wildman–Crippen LogP) is 3.67. The Morgan fingerprint density at radius 2 is 1.53 bits per heavy atom. The number of aryl methyl sites for hydroxylation is 1. The fourth-order valence-electron chi connectivity index (χ4n) is 4.39. The Labute approximate surface area is 191 Å². The first-order valence-electron chi connectivity index (χ1n) is 11.4. The number of hydrogen-bond donors (Lipinski definition) is 1. The number of aliphatic hydroxyl groups is 1. The summed E-state index contributed by atoms with van der Waals surface area (Å²) in [5.74, 6) is 0. The van der Waals surface area contributed by atoms with Crippen LogP contribution in [0.5, 0.6) is 0 Å². The average molecular weight is 432 g/mol. The molecule has 1 saturated heterocycles. The van der Waals surface area contributed by atoms with Crippen molar-refractivity contribution in [3.05, 3.63) is 101 Å². The number of ether oxygens (including phenoxy) is 1. The van der Waals surface area contributed by atoms with Crippen molar-refractivity contribution in [1.82, 2.24) is 14.8 Å². The van der Waals surface area contributed by atoms with E-state index in [1.165, 1.54) is 11.1 Å². The Bertz CT molecular complexity index is 904. The third-order valence-electron chi connectivity index (χ3n) is 6.19. The van der Waals surface area contributed by atoms with E-state index in [1.54, 1.807) is 6.20 Å². The zero-order valence-corrected chi connectivity index (χ0v) is 18.8. The summed E-state index contributed by atoms with van der Waals surface area (Å²) in [6.45, 7) is 7.33. The lowest BCUT2D eigenvalue weighted by Gasteiger charge is -2.40. The molecule has 1 fully saturated rings. The van der Waals surface area contributed by atoms with Gasteiger partial charge in [0, 0.05) is 45.1 Å². The Kier molecular flexibility index (Phi) is 8.02. The summed E-state index contributed by atoms with van der Waals surface area (Å²) in [5.41, 5.74) is 4.88. The van der Waals surface area contributed by atoms with Crippen molar-refractivity contribution >= 4 is 0 Å². The molecule has 1 N–H and O–H groups in total. The molecular formula is C27H33N3O2. The maximum absolute atomic E-state index is 10.5. The lowest BCUT2D eigenvalue weighted by atomic mass is 9.96. The molecule has 1 aliphatic rings. The number of aromatic nitrogens is 1. The molecule has 168 valence electrons. The maximum atomic E-state index is 10.5. The molecular weight excluding hydrogens is 398 g/mol. The third kappa shape index (κ3) is 6.02. The minimum Gasteiger partial charge on any atom is -0.389 e. The van der Waals surface area contributed by atoms with E-state index in [0.717, 1.165) is 37.3 Å². The van der Waals surface area contributed by atoms with Gasteiger partial charge in [-0.15, -0.1) is 0 Å². The van der Waals surface area contributed by atoms with Crippen molar-refractivity contribution in [2.75, 3.05) is 39.3 Å². The van der Waals surface area contributed by atoms with E-state index in [4.69, 9.17) is 4.74 Å². The van der Waals surface area contributed by atoms with Crippen molar-refractivity contribution in [2.24, 2.45) is 0 Å². The van der Waals surface area contributed by atoms with E-state index in [2.05, 4.69) is 82.4 Å². The fraction of sp³-hybridized carbons (Fsp3) is 0.370. The number of aliphatic hydroxyl groups excluding tert-OH is 1. The predicted molar refractivity (Wildman–Crippen MR) is 127 cm³/mol. The minimum absolute atomic E-state index is 0.260. The Balaban J connectivity index is 1.28. The van der Waals surface area contributed by atoms with Crippen LogP contribution in [0.4, 0.5) is 0 Å². The zero-order chi connectivity index (χ0) is 22.2. The van der Waals surface area contributed by atoms with Gasteiger partial charge in [-0.2, -0.15) is 0 Å². The highest BCUT2D eigenvalue weighted by Crippen LogP contribution is 2.29. The Hall–Kier alpha value is -2.57. The summed E-state index contributed by atoms with van der Waals surface area (Å²) in [4.78, 5) is 9.04. The van der Waals surface area contributed by atoms with Gasteiger partial charge in [-0.1, -0.05) is 60.7 Å². The second kappa shape index (κ2) is 11.3. The fourth-order valence-corrected chi connectivity index (χ4v) is 4.39. The summed E-state index contributed by atoms with van der Waals surface area (Å²) in [6.07, 6.45) is 3.13. The number of β-amino-alcohol motifs (C(OH)–C–C–N with tert-alkyl or cyclic N) is 1. The first-order chi connectivity index (χ1) is 15.7. The van der Waals surface area contributed by atoms with Gasteiger partial charge in [0.05, 0.1) is 25.4 Å². The van der Waals surface area contributed by atoms with E-state index in [9.17, 15) is 5.11 Å². The molecule has 0 aliphatic carbocycles. The van der Waals surface area contributed by atoms with Crippen molar-refractivity contribution < 1.29 is 9.84 Å². The number of pyridine rings is 1. The summed E-state index contributed by atoms with van der Waals surface area (Å²) < 4.78 is 5.75. The van der Waals surface area contributed by atoms with E-state index in [0.29, 0.717) is 19.8 Å². The average Bonchev–Trinajstić information content (AvgIpc) is 2.83. The molecule has 1 unspecified atom stereocenters. The Morgan fingerprint density at radius 3 is 2.12 bits per heavy atom. The first-order valence-corrected chi connectivity index (χ1v) is 11.4. The normalized spacial score (nSPS) is 16.3. The van der Waals surface area contributed by atoms with Crippen LogP contribution in [0, 0.1) is 6.92 Å². The first kappa shape index (κ1) is 22.6. The number of rotatable bonds is 9. The monoisotopic (exact) mass is 431 g/mol. The molecule has 2 aromatic carbocycles. The lowest BCUT2D eigenvalue weighted by molar-refractivity contribution is -0.000873. The smallest absolute Gasteiger partial charge is 0.0900 e. The Morgan fingerprint density at radius 1 is 0.906 bits per heavy atom. The van der Waals surface area contributed by atoms with Crippen LogP contribution in [-0.4, -0.2) is 65.3 Å². The summed E-state index contributed by atoms with van der Waals surface area (Å²) in [5, 5.41) is 10.5. The van der Waals surface area contributed by atoms with Gasteiger partial charge in [-0.25, -0.2) is 0 Å². The van der Waals surface area contributed by atoms with Gasteiger partial charge in [-0.3, -0.25) is 14.8 Å². The van der Waals surface area contributed by atoms with E-state index in [1.807, 2.05) is 12.3 Å². The highest BCUT2D eigenvalue weighted by molar-refractivity contribution is 5.32. The molecule has 0 bridgehead atoms. The van der Waals surface area contributed by atoms with Crippen LogP contribution in [0.2, 0.25) is 0 Å². The van der Waals surface area contributed by atoms with E-state index >= 15 is 0 Å². The second-order valence-electron chi connectivity index (χ2n) is 8.53. The molecule has 4 rings (SSSR count). The maximum Gasteiger partial charge on any atom is 0.0900 e. The second-order valence-corrected chi connectivity index (χ2v) is 8.53. The highest BCUT2D eigenvalue weighted by Gasteiger charge is 2.27. The molecule has 0 saturated carbocycles. The van der Waals surface area contributed by atoms with Crippen LogP contribution < -0.4 is 0 Å². The topological polar surface area (TPSA) is 48.8 Å². The van der Waals surface area contributed by atoms with Gasteiger partial charge < -0.3 is 9.84 Å². The summed E-state index contributed by atoms with van der Waals surface area (Å²) in [6, 6.07) is 23.7. The van der Waals surface area contributed by atoms with Crippen LogP contribution >= 0.6 is 0 Å². The molecule has 0 spiro atoms. The van der Waals surface area contributed by atoms with Crippen LogP contribution in [0.3, 0.4) is 0 Å². The number of piperazine rings is 1. The van der Waals surface area contributed by atoms with Crippen molar-refractivity contribution in [1.29, 1.82) is 0 Å². The standard InChI is InChI=1S/C27H33N3O2/c1-22-12-13-28-18-25(22)20-32-21-26(31)19-29-14-16-30(17-15-29)27(23-8-4-2-5-9-23)24-10-6-3-7-11-24/h2-13,18,26-27,31H,14-17,19-21H2,1H3. The number of benzene rings is 2. The van der Waals surface area contributed by atoms with Crippen LogP contribution in [0.1, 0.15) is 28.3 Å². The molecule has 1 aromatic heterocycles. The van der Waals surface area contributed by atoms with E-state index in [-0.39, 0.29) is 6.04 Å². The molecule has 3 aromatic rings. The molecule has 32 heavy (non-hydrogen) atoms. The molecule has 0 amide bonds. The highest BCUT2D eigenvalue weighted by atomic mass is 16.5. The largest absolute Gasteiger partial charge is 0.389 e. The van der Waals surface area contributed by atoms with Gasteiger partial charge >= 0.3 is 0 Å². The molecule has 1 atom stereocenters. The van der Waals surface area contributed by atoms with Crippen LogP contribution in [0.25, 0.3) is 0 Å². The van der Waals surface area contributed by atoms with Gasteiger partial charge in [0.2, 0.25) is 0 Å². The third-order valence-corrected chi connectivity index (χ3v) is 6.19. The van der Waals surface area contributed by atoms with Gasteiger partial charge in [0.15, 0.2) is 0 Å². The SMILES string of the molecule is Cc1ccncc1COCC(O)CN1CCN(C(c2ccccc2)c2ccccc2)CC1. The quantitative estimate of drug-likeness (QED) is 0.560. The lowest BCUT2D eigenvalue weighted by Crippen LogP contribution is -2.50. The van der Waals surface area contributed by atoms with E-state index < -0.39 is 6.10 Å². The summed E-state index contributed by atoms with van der Waals surface area (Å²) in [7, 11) is 0. The summed E-state index contributed by atoms with van der Waals surface area (Å²) >= 11 is 0. The van der Waals surface area contributed by atoms with Gasteiger partial charge in [0.25, 0.3) is 0 Å². The van der Waals surface area contributed by atoms with Crippen molar-refractivity contribution in [2.45, 2.75) is 25.7 Å². The minimum atomic E-state index is -0.488. The van der Waals surface area contributed by atoms with Crippen molar-refractivity contribution in [3.8, 4) is 0 Å². The van der Waals surface area contributed by atoms with Crippen LogP contribution in [-0.2, 0) is 11.3 Å². The number of nitrogens with zero attached hydrogens (tertiary/aromatic N) is 3. The molecule has 5 heteroatoms. The molecule has 5 nitrogen and oxygen atoms in total. The molecule has 0 radical (unpaired) electrons. The molecule has 2 heterocycles.